The van der Waals surface area contributed by atoms with Crippen molar-refractivity contribution in [1.82, 2.24) is 0 Å². The second-order valence-corrected chi connectivity index (χ2v) is 4.64. The lowest BCUT2D eigenvalue weighted by Crippen LogP contribution is -2.26. The lowest BCUT2D eigenvalue weighted by Gasteiger charge is -2.20. The predicted octanol–water partition coefficient (Wildman–Crippen LogP) is 3.40. The van der Waals surface area contributed by atoms with Gasteiger partial charge in [0.15, 0.2) is 0 Å². The molecule has 0 aliphatic heterocycles. The van der Waals surface area contributed by atoms with Crippen molar-refractivity contribution in [2.24, 2.45) is 0 Å². The summed E-state index contributed by atoms with van der Waals surface area (Å²) in [5.74, 6) is 0.611. The van der Waals surface area contributed by atoms with Crippen LogP contribution in [0.5, 0.6) is 5.75 Å². The van der Waals surface area contributed by atoms with E-state index in [9.17, 15) is 4.79 Å². The van der Waals surface area contributed by atoms with Crippen LogP contribution in [0, 0.1) is 0 Å². The molecule has 0 aliphatic rings. The van der Waals surface area contributed by atoms with E-state index in [1.165, 1.54) is 0 Å². The van der Waals surface area contributed by atoms with E-state index in [4.69, 9.17) is 4.74 Å². The molecule has 1 amide bonds. The summed E-state index contributed by atoms with van der Waals surface area (Å²) in [6.45, 7) is 2.89. The quantitative estimate of drug-likeness (QED) is 0.915. The molecule has 0 spiro atoms. The number of benzene rings is 2. The summed E-state index contributed by atoms with van der Waals surface area (Å²) in [6, 6.07) is 14.9. The van der Waals surface area contributed by atoms with Crippen LogP contribution in [0.25, 0.3) is 0 Å². The Morgan fingerprint density at radius 1 is 1.14 bits per heavy atom. The summed E-state index contributed by atoms with van der Waals surface area (Å²) in [7, 11) is 3.35. The third-order valence-electron chi connectivity index (χ3n) is 3.26. The molecule has 1 N–H and O–H groups in total. The maximum absolute atomic E-state index is 12.5. The third kappa shape index (κ3) is 3.34. The number of hydrogen-bond donors (Lipinski definition) is 1. The maximum Gasteiger partial charge on any atom is 0.258 e. The number of anilines is 2. The summed E-state index contributed by atoms with van der Waals surface area (Å²) >= 11 is 0. The van der Waals surface area contributed by atoms with Gasteiger partial charge >= 0.3 is 0 Å². The molecule has 21 heavy (non-hydrogen) atoms. The van der Waals surface area contributed by atoms with Gasteiger partial charge in [0, 0.05) is 24.8 Å². The number of rotatable bonds is 5. The average Bonchev–Trinajstić information content (AvgIpc) is 2.54. The number of nitrogens with zero attached hydrogens (tertiary/aromatic N) is 1. The van der Waals surface area contributed by atoms with Gasteiger partial charge in [-0.2, -0.15) is 0 Å². The predicted molar refractivity (Wildman–Crippen MR) is 86.3 cm³/mol. The van der Waals surface area contributed by atoms with E-state index >= 15 is 0 Å². The fourth-order valence-electron chi connectivity index (χ4n) is 2.14. The molecule has 0 aliphatic carbocycles. The van der Waals surface area contributed by atoms with Gasteiger partial charge in [-0.15, -0.1) is 0 Å². The van der Waals surface area contributed by atoms with Crippen LogP contribution in [-0.4, -0.2) is 26.6 Å². The average molecular weight is 284 g/mol. The Labute approximate surface area is 125 Å². The van der Waals surface area contributed by atoms with Crippen LogP contribution in [0.1, 0.15) is 17.3 Å². The lowest BCUT2D eigenvalue weighted by molar-refractivity contribution is 0.0992. The molecule has 4 heteroatoms. The first kappa shape index (κ1) is 14.9. The molecule has 0 unspecified atom stereocenters. The standard InChI is InChI=1S/C17H20N2O2/c1-4-18-14-11-9-13(10-12-14)17(20)19(2)15-7-5-6-8-16(15)21-3/h5-12,18H,4H2,1-3H3. The molecule has 2 aromatic carbocycles. The second-order valence-electron chi connectivity index (χ2n) is 4.64. The Balaban J connectivity index is 2.22. The van der Waals surface area contributed by atoms with E-state index in [-0.39, 0.29) is 5.91 Å². The molecule has 0 aromatic heterocycles. The van der Waals surface area contributed by atoms with Crippen molar-refractivity contribution < 1.29 is 9.53 Å². The lowest BCUT2D eigenvalue weighted by atomic mass is 10.1. The van der Waals surface area contributed by atoms with E-state index < -0.39 is 0 Å². The zero-order valence-electron chi connectivity index (χ0n) is 12.6. The Bertz CT molecular complexity index is 608. The third-order valence-corrected chi connectivity index (χ3v) is 3.26. The first-order valence-electron chi connectivity index (χ1n) is 6.92. The SMILES string of the molecule is CCNc1ccc(C(=O)N(C)c2ccccc2OC)cc1. The van der Waals surface area contributed by atoms with Crippen LogP contribution in [0.15, 0.2) is 48.5 Å². The minimum Gasteiger partial charge on any atom is -0.495 e. The van der Waals surface area contributed by atoms with Crippen LogP contribution in [0.4, 0.5) is 11.4 Å². The van der Waals surface area contributed by atoms with Gasteiger partial charge in [-0.05, 0) is 43.3 Å². The van der Waals surface area contributed by atoms with Gasteiger partial charge in [-0.1, -0.05) is 12.1 Å². The highest BCUT2D eigenvalue weighted by atomic mass is 16.5. The zero-order valence-corrected chi connectivity index (χ0v) is 12.6. The molecule has 2 aromatic rings. The number of para-hydroxylation sites is 2. The first-order valence-corrected chi connectivity index (χ1v) is 6.92. The summed E-state index contributed by atoms with van der Waals surface area (Å²) in [5, 5.41) is 3.21. The summed E-state index contributed by atoms with van der Waals surface area (Å²) < 4.78 is 5.30. The van der Waals surface area contributed by atoms with Crippen molar-refractivity contribution in [3.63, 3.8) is 0 Å². The van der Waals surface area contributed by atoms with Gasteiger partial charge in [0.25, 0.3) is 5.91 Å². The fourth-order valence-corrected chi connectivity index (χ4v) is 2.14. The van der Waals surface area contributed by atoms with Gasteiger partial charge < -0.3 is 15.0 Å². The molecule has 0 saturated carbocycles. The molecule has 2 rings (SSSR count). The van der Waals surface area contributed by atoms with E-state index in [1.54, 1.807) is 19.1 Å². The molecule has 4 nitrogen and oxygen atoms in total. The smallest absolute Gasteiger partial charge is 0.258 e. The van der Waals surface area contributed by atoms with Gasteiger partial charge in [0.1, 0.15) is 5.75 Å². The van der Waals surface area contributed by atoms with Crippen molar-refractivity contribution >= 4 is 17.3 Å². The molecule has 0 bridgehead atoms. The largest absolute Gasteiger partial charge is 0.495 e. The van der Waals surface area contributed by atoms with E-state index in [2.05, 4.69) is 5.32 Å². The van der Waals surface area contributed by atoms with Crippen LogP contribution >= 0.6 is 0 Å². The Morgan fingerprint density at radius 2 is 1.81 bits per heavy atom. The molecule has 0 atom stereocenters. The second kappa shape index (κ2) is 6.79. The number of methoxy groups -OCH3 is 1. The molecule has 0 saturated heterocycles. The van der Waals surface area contributed by atoms with Crippen molar-refractivity contribution in [3.8, 4) is 5.75 Å². The van der Waals surface area contributed by atoms with Gasteiger partial charge in [-0.3, -0.25) is 4.79 Å². The zero-order chi connectivity index (χ0) is 15.2. The van der Waals surface area contributed by atoms with Crippen LogP contribution in [0.3, 0.4) is 0 Å². The molecule has 0 radical (unpaired) electrons. The van der Waals surface area contributed by atoms with Gasteiger partial charge in [0.05, 0.1) is 12.8 Å². The monoisotopic (exact) mass is 284 g/mol. The molecule has 0 heterocycles. The Morgan fingerprint density at radius 3 is 2.43 bits per heavy atom. The number of nitrogens with one attached hydrogen (secondary N) is 1. The Kier molecular flexibility index (Phi) is 4.82. The van der Waals surface area contributed by atoms with Crippen LogP contribution in [0.2, 0.25) is 0 Å². The molecule has 0 fully saturated rings. The minimum atomic E-state index is -0.0671. The number of carbonyl (C=O) groups excluding carboxylic acids is 1. The number of amides is 1. The van der Waals surface area contributed by atoms with Gasteiger partial charge in [0.2, 0.25) is 0 Å². The summed E-state index contributed by atoms with van der Waals surface area (Å²) in [6.07, 6.45) is 0. The van der Waals surface area contributed by atoms with Gasteiger partial charge in [-0.25, -0.2) is 0 Å². The maximum atomic E-state index is 12.5. The highest BCUT2D eigenvalue weighted by Crippen LogP contribution is 2.27. The van der Waals surface area contributed by atoms with E-state index in [0.29, 0.717) is 11.3 Å². The summed E-state index contributed by atoms with van der Waals surface area (Å²) in [4.78, 5) is 14.1. The van der Waals surface area contributed by atoms with Crippen molar-refractivity contribution in [2.45, 2.75) is 6.92 Å². The van der Waals surface area contributed by atoms with Crippen molar-refractivity contribution in [3.05, 3.63) is 54.1 Å². The number of carbonyl (C=O) groups is 1. The highest BCUT2D eigenvalue weighted by Gasteiger charge is 2.16. The molecular formula is C17H20N2O2. The minimum absolute atomic E-state index is 0.0671. The van der Waals surface area contributed by atoms with E-state index in [1.807, 2.05) is 55.5 Å². The Hall–Kier alpha value is -2.49. The highest BCUT2D eigenvalue weighted by molar-refractivity contribution is 6.06. The number of ether oxygens (including phenoxy) is 1. The fraction of sp³-hybridized carbons (Fsp3) is 0.235. The van der Waals surface area contributed by atoms with Crippen molar-refractivity contribution in [1.29, 1.82) is 0 Å². The van der Waals surface area contributed by atoms with Crippen LogP contribution in [-0.2, 0) is 0 Å². The van der Waals surface area contributed by atoms with E-state index in [0.717, 1.165) is 17.9 Å². The first-order chi connectivity index (χ1) is 10.2. The molecular weight excluding hydrogens is 264 g/mol. The van der Waals surface area contributed by atoms with Crippen LogP contribution < -0.4 is 15.0 Å². The molecule has 110 valence electrons. The van der Waals surface area contributed by atoms with Crippen molar-refractivity contribution in [2.75, 3.05) is 30.9 Å². The number of hydrogen-bond acceptors (Lipinski definition) is 3. The normalized spacial score (nSPS) is 10.0. The topological polar surface area (TPSA) is 41.6 Å². The summed E-state index contributed by atoms with van der Waals surface area (Å²) in [5.41, 5.74) is 2.40.